The van der Waals surface area contributed by atoms with Gasteiger partial charge in [-0.25, -0.2) is 8.78 Å². The zero-order chi connectivity index (χ0) is 16.5. The van der Waals surface area contributed by atoms with Crippen LogP contribution in [-0.4, -0.2) is 4.98 Å². The quantitative estimate of drug-likeness (QED) is 0.612. The van der Waals surface area contributed by atoms with Gasteiger partial charge < -0.3 is 0 Å². The molecule has 3 aromatic rings. The molecule has 1 aliphatic carbocycles. The molecule has 1 heterocycles. The predicted octanol–water partition coefficient (Wildman–Crippen LogP) is 5.05. The van der Waals surface area contributed by atoms with Crippen molar-refractivity contribution in [2.45, 2.75) is 12.8 Å². The second-order valence-corrected chi connectivity index (χ2v) is 5.88. The summed E-state index contributed by atoms with van der Waals surface area (Å²) in [6, 6.07) is 15.3. The van der Waals surface area contributed by atoms with Crippen molar-refractivity contribution in [3.63, 3.8) is 0 Å². The van der Waals surface area contributed by atoms with Gasteiger partial charge in [0.2, 0.25) is 0 Å². The van der Waals surface area contributed by atoms with Crippen LogP contribution in [0, 0.1) is 11.6 Å². The summed E-state index contributed by atoms with van der Waals surface area (Å²) in [6.07, 6.45) is 5.04. The fourth-order valence-corrected chi connectivity index (χ4v) is 3.22. The number of aromatic nitrogens is 1. The number of rotatable bonds is 1. The van der Waals surface area contributed by atoms with Crippen LogP contribution in [-0.2, 0) is 12.8 Å². The Hall–Kier alpha value is -2.81. The van der Waals surface area contributed by atoms with E-state index in [1.165, 1.54) is 12.1 Å². The van der Waals surface area contributed by atoms with Gasteiger partial charge in [-0.1, -0.05) is 30.3 Å². The van der Waals surface area contributed by atoms with E-state index in [1.807, 2.05) is 24.3 Å². The highest BCUT2D eigenvalue weighted by atomic mass is 19.1. The molecular formula is C21H15F2N. The molecule has 0 spiro atoms. The summed E-state index contributed by atoms with van der Waals surface area (Å²) in [7, 11) is 0. The first-order chi connectivity index (χ1) is 11.7. The van der Waals surface area contributed by atoms with Gasteiger partial charge in [-0.15, -0.1) is 0 Å². The normalized spacial score (nSPS) is 14.8. The molecular weight excluding hydrogens is 304 g/mol. The summed E-state index contributed by atoms with van der Waals surface area (Å²) in [6.45, 7) is 0. The maximum Gasteiger partial charge on any atom is 0.130 e. The van der Waals surface area contributed by atoms with E-state index < -0.39 is 0 Å². The molecule has 0 unspecified atom stereocenters. The highest BCUT2D eigenvalue weighted by molar-refractivity contribution is 5.93. The second-order valence-electron chi connectivity index (χ2n) is 5.88. The Morgan fingerprint density at radius 1 is 0.875 bits per heavy atom. The zero-order valence-corrected chi connectivity index (χ0v) is 13.0. The van der Waals surface area contributed by atoms with Gasteiger partial charge in [-0.2, -0.15) is 0 Å². The maximum atomic E-state index is 14.1. The van der Waals surface area contributed by atoms with E-state index in [0.29, 0.717) is 12.0 Å². The smallest absolute Gasteiger partial charge is 0.130 e. The van der Waals surface area contributed by atoms with Gasteiger partial charge in [0.15, 0.2) is 0 Å². The average molecular weight is 319 g/mol. The summed E-state index contributed by atoms with van der Waals surface area (Å²) >= 11 is 0. The van der Waals surface area contributed by atoms with Crippen molar-refractivity contribution < 1.29 is 8.78 Å². The highest BCUT2D eigenvalue weighted by Gasteiger charge is 2.19. The molecule has 0 amide bonds. The van der Waals surface area contributed by atoms with E-state index >= 15 is 0 Å². The van der Waals surface area contributed by atoms with Crippen LogP contribution >= 0.6 is 0 Å². The summed E-state index contributed by atoms with van der Waals surface area (Å²) in [5.74, 6) is -0.527. The van der Waals surface area contributed by atoms with Crippen LogP contribution in [0.4, 0.5) is 8.78 Å². The van der Waals surface area contributed by atoms with E-state index in [9.17, 15) is 8.78 Å². The van der Waals surface area contributed by atoms with Gasteiger partial charge >= 0.3 is 0 Å². The average Bonchev–Trinajstić information content (AvgIpc) is 2.74. The molecule has 0 atom stereocenters. The topological polar surface area (TPSA) is 12.9 Å². The monoisotopic (exact) mass is 319 g/mol. The molecule has 0 aliphatic heterocycles. The molecule has 24 heavy (non-hydrogen) atoms. The first kappa shape index (κ1) is 14.8. The van der Waals surface area contributed by atoms with Crippen LogP contribution in [0.25, 0.3) is 11.6 Å². The van der Waals surface area contributed by atoms with Gasteiger partial charge in [-0.05, 0) is 59.9 Å². The van der Waals surface area contributed by atoms with Crippen molar-refractivity contribution in [1.29, 1.82) is 0 Å². The van der Waals surface area contributed by atoms with Crippen molar-refractivity contribution in [2.24, 2.45) is 0 Å². The Bertz CT molecular complexity index is 944. The van der Waals surface area contributed by atoms with Gasteiger partial charge in [0.1, 0.15) is 11.6 Å². The summed E-state index contributed by atoms with van der Waals surface area (Å²) < 4.78 is 27.8. The first-order valence-electron chi connectivity index (χ1n) is 7.91. The molecule has 1 aliphatic rings. The van der Waals surface area contributed by atoms with E-state index in [-0.39, 0.29) is 11.6 Å². The van der Waals surface area contributed by atoms with Gasteiger partial charge in [0, 0.05) is 23.0 Å². The third-order valence-electron chi connectivity index (χ3n) is 4.37. The van der Waals surface area contributed by atoms with E-state index in [4.69, 9.17) is 0 Å². The lowest BCUT2D eigenvalue weighted by Gasteiger charge is -2.12. The molecule has 0 fully saturated rings. The fourth-order valence-electron chi connectivity index (χ4n) is 3.22. The van der Waals surface area contributed by atoms with E-state index in [1.54, 1.807) is 30.5 Å². The Kier molecular flexibility index (Phi) is 3.69. The van der Waals surface area contributed by atoms with Crippen molar-refractivity contribution >= 4 is 11.6 Å². The zero-order valence-electron chi connectivity index (χ0n) is 13.0. The lowest BCUT2D eigenvalue weighted by Crippen LogP contribution is -1.95. The maximum absolute atomic E-state index is 14.1. The number of aryl methyl sites for hydroxylation is 2. The molecule has 2 aromatic carbocycles. The summed E-state index contributed by atoms with van der Waals surface area (Å²) in [5, 5.41) is 0. The largest absolute Gasteiger partial charge is 0.261 e. The minimum absolute atomic E-state index is 0.252. The number of pyridine rings is 1. The lowest BCUT2D eigenvalue weighted by atomic mass is 9.93. The van der Waals surface area contributed by atoms with Crippen LogP contribution < -0.4 is 0 Å². The van der Waals surface area contributed by atoms with Crippen LogP contribution in [0.5, 0.6) is 0 Å². The van der Waals surface area contributed by atoms with Crippen molar-refractivity contribution in [3.8, 4) is 0 Å². The first-order valence-corrected chi connectivity index (χ1v) is 7.91. The SMILES string of the molecule is Fc1ccc2c(c1)CCc1ncccc1C2=Cc1ccccc1F. The molecule has 1 nitrogen and oxygen atoms in total. The van der Waals surface area contributed by atoms with Crippen LogP contribution in [0.2, 0.25) is 0 Å². The highest BCUT2D eigenvalue weighted by Crippen LogP contribution is 2.34. The molecule has 1 aromatic heterocycles. The molecule has 0 saturated heterocycles. The number of nitrogens with zero attached hydrogens (tertiary/aromatic N) is 1. The minimum atomic E-state index is -0.275. The van der Waals surface area contributed by atoms with Crippen molar-refractivity contribution in [1.82, 2.24) is 4.98 Å². The van der Waals surface area contributed by atoms with Crippen molar-refractivity contribution in [2.75, 3.05) is 0 Å². The molecule has 0 radical (unpaired) electrons. The number of halogens is 2. The third kappa shape index (κ3) is 2.62. The Balaban J connectivity index is 1.99. The Morgan fingerprint density at radius 2 is 1.75 bits per heavy atom. The molecule has 0 saturated carbocycles. The third-order valence-corrected chi connectivity index (χ3v) is 4.37. The van der Waals surface area contributed by atoms with E-state index in [2.05, 4.69) is 4.98 Å². The number of hydrogen-bond donors (Lipinski definition) is 0. The van der Waals surface area contributed by atoms with Gasteiger partial charge in [-0.3, -0.25) is 4.98 Å². The molecule has 3 heteroatoms. The number of fused-ring (bicyclic) bond motifs is 2. The fraction of sp³-hybridized carbons (Fsp3) is 0.0952. The van der Waals surface area contributed by atoms with Crippen molar-refractivity contribution in [3.05, 3.63) is 100 Å². The molecule has 118 valence electrons. The number of hydrogen-bond acceptors (Lipinski definition) is 1. The minimum Gasteiger partial charge on any atom is -0.261 e. The number of benzene rings is 2. The van der Waals surface area contributed by atoms with E-state index in [0.717, 1.165) is 34.4 Å². The Labute approximate surface area is 139 Å². The molecule has 0 N–H and O–H groups in total. The van der Waals surface area contributed by atoms with Crippen LogP contribution in [0.1, 0.15) is 27.9 Å². The second kappa shape index (κ2) is 6.00. The molecule has 0 bridgehead atoms. The lowest BCUT2D eigenvalue weighted by molar-refractivity contribution is 0.624. The van der Waals surface area contributed by atoms with Crippen LogP contribution in [0.3, 0.4) is 0 Å². The summed E-state index contributed by atoms with van der Waals surface area (Å²) in [5.41, 5.74) is 5.19. The van der Waals surface area contributed by atoms with Gasteiger partial charge in [0.05, 0.1) is 0 Å². The summed E-state index contributed by atoms with van der Waals surface area (Å²) in [4.78, 5) is 4.47. The van der Waals surface area contributed by atoms with Crippen LogP contribution in [0.15, 0.2) is 60.8 Å². The molecule has 4 rings (SSSR count). The van der Waals surface area contributed by atoms with Gasteiger partial charge in [0.25, 0.3) is 0 Å². The standard InChI is InChI=1S/C21H15F2N/c22-16-8-9-17-14(12-16)7-10-21-18(5-3-11-24-21)19(17)13-15-4-1-2-6-20(15)23/h1-6,8-9,11-13H,7,10H2. The predicted molar refractivity (Wildman–Crippen MR) is 91.4 cm³/mol. The Morgan fingerprint density at radius 3 is 2.62 bits per heavy atom.